The molecule has 0 aromatic heterocycles. The number of carbonyl (C=O) groups is 2. The first-order valence-corrected chi connectivity index (χ1v) is 10.7. The molecule has 0 radical (unpaired) electrons. The van der Waals surface area contributed by atoms with Gasteiger partial charge in [0.25, 0.3) is 11.8 Å². The molecule has 27 heavy (non-hydrogen) atoms. The topological polar surface area (TPSA) is 83.5 Å². The third kappa shape index (κ3) is 4.48. The van der Waals surface area contributed by atoms with Gasteiger partial charge in [0.1, 0.15) is 0 Å². The van der Waals surface area contributed by atoms with Crippen LogP contribution in [-0.4, -0.2) is 44.5 Å². The highest BCUT2D eigenvalue weighted by molar-refractivity contribution is 7.90. The number of halogens is 1. The van der Waals surface area contributed by atoms with Crippen molar-refractivity contribution in [2.45, 2.75) is 17.7 Å². The first-order chi connectivity index (χ1) is 12.8. The van der Waals surface area contributed by atoms with Crippen molar-refractivity contribution in [2.75, 3.05) is 24.7 Å². The molecular weight excluding hydrogens is 388 g/mol. The molecule has 1 aliphatic heterocycles. The molecule has 1 aliphatic rings. The van der Waals surface area contributed by atoms with E-state index in [9.17, 15) is 18.0 Å². The van der Waals surface area contributed by atoms with Crippen molar-refractivity contribution in [1.82, 2.24) is 4.90 Å². The Hall–Kier alpha value is -2.38. The zero-order valence-corrected chi connectivity index (χ0v) is 16.3. The monoisotopic (exact) mass is 406 g/mol. The molecule has 3 rings (SSSR count). The highest BCUT2D eigenvalue weighted by Gasteiger charge is 2.23. The minimum absolute atomic E-state index is 0.0552. The van der Waals surface area contributed by atoms with Crippen molar-refractivity contribution in [3.63, 3.8) is 0 Å². The summed E-state index contributed by atoms with van der Waals surface area (Å²) in [5, 5.41) is 3.09. The van der Waals surface area contributed by atoms with Gasteiger partial charge in [-0.05, 0) is 49.2 Å². The van der Waals surface area contributed by atoms with E-state index in [2.05, 4.69) is 5.32 Å². The maximum Gasteiger partial charge on any atom is 0.256 e. The Kier molecular flexibility index (Phi) is 5.53. The van der Waals surface area contributed by atoms with Crippen LogP contribution in [0.25, 0.3) is 0 Å². The van der Waals surface area contributed by atoms with E-state index in [4.69, 9.17) is 11.6 Å². The Bertz CT molecular complexity index is 999. The van der Waals surface area contributed by atoms with Crippen LogP contribution in [-0.2, 0) is 9.84 Å². The van der Waals surface area contributed by atoms with E-state index in [0.717, 1.165) is 19.1 Å². The second kappa shape index (κ2) is 7.70. The molecule has 2 aromatic carbocycles. The van der Waals surface area contributed by atoms with Crippen LogP contribution in [0.4, 0.5) is 5.69 Å². The minimum Gasteiger partial charge on any atom is -0.339 e. The molecular formula is C19H19ClN2O4S. The predicted molar refractivity (Wildman–Crippen MR) is 104 cm³/mol. The third-order valence-electron chi connectivity index (χ3n) is 4.38. The summed E-state index contributed by atoms with van der Waals surface area (Å²) in [5.74, 6) is -0.687. The van der Waals surface area contributed by atoms with Gasteiger partial charge in [-0.15, -0.1) is 0 Å². The average molecular weight is 407 g/mol. The zero-order chi connectivity index (χ0) is 19.6. The summed E-state index contributed by atoms with van der Waals surface area (Å²) in [4.78, 5) is 27.2. The van der Waals surface area contributed by atoms with Crippen LogP contribution in [0.3, 0.4) is 0 Å². The zero-order valence-electron chi connectivity index (χ0n) is 14.7. The number of anilines is 1. The Morgan fingerprint density at radius 3 is 2.44 bits per heavy atom. The number of nitrogens with one attached hydrogen (secondary N) is 1. The normalized spacial score (nSPS) is 14.2. The van der Waals surface area contributed by atoms with Crippen LogP contribution >= 0.6 is 11.6 Å². The lowest BCUT2D eigenvalue weighted by Crippen LogP contribution is -2.29. The molecule has 0 unspecified atom stereocenters. The van der Waals surface area contributed by atoms with Gasteiger partial charge in [0.2, 0.25) is 0 Å². The fourth-order valence-electron chi connectivity index (χ4n) is 2.96. The number of amides is 2. The van der Waals surface area contributed by atoms with Gasteiger partial charge in [0.05, 0.1) is 16.1 Å². The number of nitrogens with zero attached hydrogens (tertiary/aromatic N) is 1. The third-order valence-corrected chi connectivity index (χ3v) is 5.72. The number of hydrogen-bond donors (Lipinski definition) is 1. The standard InChI is InChI=1S/C19H19ClN2O4S/c1-27(25,26)15-6-4-5-13(11-15)18(23)21-17-8-7-14(20)12-16(17)19(24)22-9-2-3-10-22/h4-8,11-12H,2-3,9-10H2,1H3,(H,21,23). The van der Waals surface area contributed by atoms with E-state index >= 15 is 0 Å². The van der Waals surface area contributed by atoms with Crippen LogP contribution in [0.15, 0.2) is 47.4 Å². The van der Waals surface area contributed by atoms with Crippen molar-refractivity contribution in [1.29, 1.82) is 0 Å². The molecule has 0 bridgehead atoms. The molecule has 2 amide bonds. The Morgan fingerprint density at radius 1 is 1.07 bits per heavy atom. The first kappa shape index (κ1) is 19.4. The molecule has 142 valence electrons. The van der Waals surface area contributed by atoms with Gasteiger partial charge >= 0.3 is 0 Å². The number of benzene rings is 2. The molecule has 2 aromatic rings. The van der Waals surface area contributed by atoms with E-state index < -0.39 is 15.7 Å². The van der Waals surface area contributed by atoms with Crippen LogP contribution < -0.4 is 5.32 Å². The smallest absolute Gasteiger partial charge is 0.256 e. The molecule has 1 heterocycles. The predicted octanol–water partition coefficient (Wildman–Crippen LogP) is 3.23. The van der Waals surface area contributed by atoms with Crippen molar-refractivity contribution in [3.05, 3.63) is 58.6 Å². The van der Waals surface area contributed by atoms with Gasteiger partial charge in [-0.1, -0.05) is 17.7 Å². The number of rotatable bonds is 4. The summed E-state index contributed by atoms with van der Waals surface area (Å²) in [6, 6.07) is 10.4. The highest BCUT2D eigenvalue weighted by atomic mass is 35.5. The largest absolute Gasteiger partial charge is 0.339 e. The van der Waals surface area contributed by atoms with Gasteiger partial charge in [-0.2, -0.15) is 0 Å². The lowest BCUT2D eigenvalue weighted by molar-refractivity contribution is 0.0794. The maximum atomic E-state index is 12.8. The Labute approximate surface area is 163 Å². The van der Waals surface area contributed by atoms with E-state index in [1.54, 1.807) is 17.0 Å². The number of likely N-dealkylation sites (tertiary alicyclic amines) is 1. The second-order valence-corrected chi connectivity index (χ2v) is 8.90. The number of sulfone groups is 1. The van der Waals surface area contributed by atoms with E-state index in [-0.39, 0.29) is 16.4 Å². The van der Waals surface area contributed by atoms with Crippen molar-refractivity contribution >= 4 is 38.9 Å². The minimum atomic E-state index is -3.43. The van der Waals surface area contributed by atoms with Crippen LogP contribution in [0, 0.1) is 0 Å². The lowest BCUT2D eigenvalue weighted by Gasteiger charge is -2.18. The molecule has 0 aliphatic carbocycles. The maximum absolute atomic E-state index is 12.8. The molecule has 1 fully saturated rings. The van der Waals surface area contributed by atoms with Gasteiger partial charge in [0, 0.05) is 29.9 Å². The van der Waals surface area contributed by atoms with Crippen molar-refractivity contribution < 1.29 is 18.0 Å². The average Bonchev–Trinajstić information content (AvgIpc) is 3.16. The summed E-state index contributed by atoms with van der Waals surface area (Å²) in [6.45, 7) is 1.35. The summed E-state index contributed by atoms with van der Waals surface area (Å²) in [7, 11) is -3.43. The fraction of sp³-hybridized carbons (Fsp3) is 0.263. The molecule has 6 nitrogen and oxygen atoms in total. The SMILES string of the molecule is CS(=O)(=O)c1cccc(C(=O)Nc2ccc(Cl)cc2C(=O)N2CCCC2)c1. The summed E-state index contributed by atoms with van der Waals surface area (Å²) in [6.07, 6.45) is 2.98. The van der Waals surface area contributed by atoms with Crippen LogP contribution in [0.2, 0.25) is 5.02 Å². The summed E-state index contributed by atoms with van der Waals surface area (Å²) < 4.78 is 23.4. The molecule has 0 spiro atoms. The van der Waals surface area contributed by atoms with E-state index in [1.165, 1.54) is 30.3 Å². The van der Waals surface area contributed by atoms with Crippen LogP contribution in [0.1, 0.15) is 33.6 Å². The van der Waals surface area contributed by atoms with Crippen molar-refractivity contribution in [3.8, 4) is 0 Å². The summed E-state index contributed by atoms with van der Waals surface area (Å²) >= 11 is 6.04. The quantitative estimate of drug-likeness (QED) is 0.844. The van der Waals surface area contributed by atoms with Crippen molar-refractivity contribution in [2.24, 2.45) is 0 Å². The fourth-order valence-corrected chi connectivity index (χ4v) is 3.79. The van der Waals surface area contributed by atoms with Gasteiger partial charge in [-0.3, -0.25) is 9.59 Å². The van der Waals surface area contributed by atoms with E-state index in [1.807, 2.05) is 0 Å². The highest BCUT2D eigenvalue weighted by Crippen LogP contribution is 2.25. The van der Waals surface area contributed by atoms with Gasteiger partial charge in [-0.25, -0.2) is 8.42 Å². The molecule has 0 saturated carbocycles. The molecule has 0 atom stereocenters. The van der Waals surface area contributed by atoms with Crippen LogP contribution in [0.5, 0.6) is 0 Å². The Morgan fingerprint density at radius 2 is 1.78 bits per heavy atom. The van der Waals surface area contributed by atoms with Gasteiger partial charge in [0.15, 0.2) is 9.84 Å². The number of carbonyl (C=O) groups excluding carboxylic acids is 2. The number of hydrogen-bond acceptors (Lipinski definition) is 4. The lowest BCUT2D eigenvalue weighted by atomic mass is 10.1. The molecule has 8 heteroatoms. The second-order valence-electron chi connectivity index (χ2n) is 6.44. The summed E-state index contributed by atoms with van der Waals surface area (Å²) in [5.41, 5.74) is 0.843. The van der Waals surface area contributed by atoms with Gasteiger partial charge < -0.3 is 10.2 Å². The molecule has 1 N–H and O–H groups in total. The van der Waals surface area contributed by atoms with E-state index in [0.29, 0.717) is 29.4 Å². The molecule has 1 saturated heterocycles. The Balaban J connectivity index is 1.89. The first-order valence-electron chi connectivity index (χ1n) is 8.46.